The predicted molar refractivity (Wildman–Crippen MR) is 130 cm³/mol. The molecule has 194 valence electrons. The van der Waals surface area contributed by atoms with Gasteiger partial charge in [0.2, 0.25) is 5.95 Å². The highest BCUT2D eigenvalue weighted by molar-refractivity contribution is 5.85. The van der Waals surface area contributed by atoms with Gasteiger partial charge in [-0.3, -0.25) is 9.88 Å². The number of aliphatic hydroxyl groups excluding tert-OH is 1. The molecule has 3 aromatic heterocycles. The van der Waals surface area contributed by atoms with Crippen LogP contribution in [0.2, 0.25) is 0 Å². The van der Waals surface area contributed by atoms with Crippen molar-refractivity contribution in [3.63, 3.8) is 0 Å². The standard InChI is InChI=1S/C26H27F3N6O2/c1-13-23(14(2)37-34-13)21-9-6-16-17(7-8-19(16)31-21)24-18(26(27,28)29)10-30-25(33-24)32-20-4-3-5-22(20)35-11-15(36)12-35/h6-7,9-10,15,20,22,36H,3-5,8,11-12H2,1-2H3,(H,30,32,33)/t20-,22+/m0/s1. The van der Waals surface area contributed by atoms with Crippen LogP contribution in [0.25, 0.3) is 16.8 Å². The number of pyridine rings is 1. The van der Waals surface area contributed by atoms with Crippen LogP contribution >= 0.6 is 0 Å². The number of rotatable bonds is 5. The van der Waals surface area contributed by atoms with Gasteiger partial charge in [-0.15, -0.1) is 0 Å². The summed E-state index contributed by atoms with van der Waals surface area (Å²) in [7, 11) is 0. The van der Waals surface area contributed by atoms with Gasteiger partial charge in [0.1, 0.15) is 11.3 Å². The molecule has 37 heavy (non-hydrogen) atoms. The van der Waals surface area contributed by atoms with E-state index >= 15 is 0 Å². The summed E-state index contributed by atoms with van der Waals surface area (Å²) in [5, 5.41) is 16.9. The van der Waals surface area contributed by atoms with Crippen molar-refractivity contribution in [2.24, 2.45) is 0 Å². The highest BCUT2D eigenvalue weighted by Crippen LogP contribution is 2.40. The zero-order chi connectivity index (χ0) is 25.9. The van der Waals surface area contributed by atoms with E-state index in [4.69, 9.17) is 9.51 Å². The Morgan fingerprint density at radius 2 is 1.95 bits per heavy atom. The van der Waals surface area contributed by atoms with Crippen LogP contribution in [0.1, 0.15) is 53.2 Å². The van der Waals surface area contributed by atoms with Crippen LogP contribution in [0, 0.1) is 13.8 Å². The summed E-state index contributed by atoms with van der Waals surface area (Å²) >= 11 is 0. The van der Waals surface area contributed by atoms with Crippen LogP contribution in [0.15, 0.2) is 28.9 Å². The van der Waals surface area contributed by atoms with Gasteiger partial charge in [0.25, 0.3) is 0 Å². The van der Waals surface area contributed by atoms with E-state index in [1.807, 2.05) is 6.92 Å². The Hall–Kier alpha value is -3.31. The van der Waals surface area contributed by atoms with Crippen molar-refractivity contribution < 1.29 is 22.8 Å². The van der Waals surface area contributed by atoms with Gasteiger partial charge in [-0.2, -0.15) is 13.2 Å². The second kappa shape index (κ2) is 8.91. The number of allylic oxidation sites excluding steroid dienone is 1. The molecule has 11 heteroatoms. The number of hydrogen-bond donors (Lipinski definition) is 2. The molecule has 0 aromatic carbocycles. The molecule has 0 bridgehead atoms. The molecule has 2 fully saturated rings. The molecule has 3 aliphatic rings. The summed E-state index contributed by atoms with van der Waals surface area (Å²) < 4.78 is 47.3. The summed E-state index contributed by atoms with van der Waals surface area (Å²) in [4.78, 5) is 15.4. The van der Waals surface area contributed by atoms with Crippen LogP contribution in [-0.4, -0.2) is 61.4 Å². The lowest BCUT2D eigenvalue weighted by Crippen LogP contribution is -2.58. The van der Waals surface area contributed by atoms with Crippen molar-refractivity contribution in [2.45, 2.75) is 63.9 Å². The minimum absolute atomic E-state index is 0.0150. The number of nitrogens with zero attached hydrogens (tertiary/aromatic N) is 5. The molecule has 6 rings (SSSR count). The molecule has 8 nitrogen and oxygen atoms in total. The summed E-state index contributed by atoms with van der Waals surface area (Å²) in [5.41, 5.74) is 2.86. The number of halogens is 3. The van der Waals surface area contributed by atoms with E-state index in [-0.39, 0.29) is 29.8 Å². The number of likely N-dealkylation sites (tertiary alicyclic amines) is 1. The number of alkyl halides is 3. The van der Waals surface area contributed by atoms with Crippen LogP contribution in [-0.2, 0) is 12.6 Å². The fourth-order valence-electron chi connectivity index (χ4n) is 5.76. The Bertz CT molecular complexity index is 1360. The normalized spacial score (nSPS) is 22.2. The van der Waals surface area contributed by atoms with Gasteiger partial charge in [0, 0.05) is 48.9 Å². The Labute approximate surface area is 211 Å². The van der Waals surface area contributed by atoms with Crippen molar-refractivity contribution in [1.29, 1.82) is 0 Å². The van der Waals surface area contributed by atoms with Crippen molar-refractivity contribution in [1.82, 2.24) is 25.0 Å². The highest BCUT2D eigenvalue weighted by Gasteiger charge is 2.40. The second-order valence-electron chi connectivity index (χ2n) is 10.0. The second-order valence-corrected chi connectivity index (χ2v) is 10.0. The molecule has 0 unspecified atom stereocenters. The van der Waals surface area contributed by atoms with E-state index in [0.717, 1.165) is 31.0 Å². The van der Waals surface area contributed by atoms with Crippen LogP contribution < -0.4 is 5.32 Å². The van der Waals surface area contributed by atoms with Crippen molar-refractivity contribution in [3.05, 3.63) is 58.4 Å². The molecule has 1 aliphatic heterocycles. The van der Waals surface area contributed by atoms with Crippen molar-refractivity contribution in [2.75, 3.05) is 18.4 Å². The van der Waals surface area contributed by atoms with Gasteiger partial charge in [0.05, 0.1) is 34.4 Å². The molecule has 2 atom stereocenters. The molecule has 0 radical (unpaired) electrons. The molecule has 1 saturated carbocycles. The Morgan fingerprint density at radius 3 is 2.65 bits per heavy atom. The summed E-state index contributed by atoms with van der Waals surface area (Å²) in [6, 6.07) is 3.79. The SMILES string of the molecule is Cc1noc(C)c1-c1ccc2c(n1)CC=C2c1nc(N[C@H]2CCC[C@H]2N2CC(O)C2)ncc1C(F)(F)F. The average Bonchev–Trinajstić information content (AvgIpc) is 3.54. The molecule has 2 aliphatic carbocycles. The zero-order valence-corrected chi connectivity index (χ0v) is 20.5. The maximum atomic E-state index is 14.0. The number of β-amino-alcohol motifs (C(OH)–C–C–N with tert-alkyl or cyclic N) is 1. The predicted octanol–water partition coefficient (Wildman–Crippen LogP) is 4.16. The number of anilines is 1. The van der Waals surface area contributed by atoms with Gasteiger partial charge in [-0.25, -0.2) is 9.97 Å². The molecule has 3 aromatic rings. The quantitative estimate of drug-likeness (QED) is 0.526. The lowest BCUT2D eigenvalue weighted by atomic mass is 10.0. The number of nitrogens with one attached hydrogen (secondary N) is 1. The molecule has 2 N–H and O–H groups in total. The van der Waals surface area contributed by atoms with Gasteiger partial charge in [-0.05, 0) is 39.2 Å². The Balaban J connectivity index is 1.32. The molecule has 0 spiro atoms. The summed E-state index contributed by atoms with van der Waals surface area (Å²) in [6.45, 7) is 4.87. The number of aryl methyl sites for hydroxylation is 2. The lowest BCUT2D eigenvalue weighted by molar-refractivity contribution is -0.138. The molecular weight excluding hydrogens is 485 g/mol. The number of fused-ring (bicyclic) bond motifs is 1. The average molecular weight is 513 g/mol. The zero-order valence-electron chi connectivity index (χ0n) is 20.5. The number of hydrogen-bond acceptors (Lipinski definition) is 8. The largest absolute Gasteiger partial charge is 0.419 e. The topological polar surface area (TPSA) is 100 Å². The first-order valence-corrected chi connectivity index (χ1v) is 12.5. The minimum Gasteiger partial charge on any atom is -0.390 e. The van der Waals surface area contributed by atoms with E-state index in [2.05, 4.69) is 25.3 Å². The first-order chi connectivity index (χ1) is 17.7. The van der Waals surface area contributed by atoms with Gasteiger partial charge < -0.3 is 14.9 Å². The lowest BCUT2D eigenvalue weighted by Gasteiger charge is -2.42. The summed E-state index contributed by atoms with van der Waals surface area (Å²) in [6.07, 6.45) is 0.935. The highest BCUT2D eigenvalue weighted by atomic mass is 19.4. The maximum absolute atomic E-state index is 14.0. The third-order valence-electron chi connectivity index (χ3n) is 7.56. The summed E-state index contributed by atoms with van der Waals surface area (Å²) in [5.74, 6) is 0.815. The fourth-order valence-corrected chi connectivity index (χ4v) is 5.76. The molecule has 0 amide bonds. The fraction of sp³-hybridized carbons (Fsp3) is 0.462. The third kappa shape index (κ3) is 4.29. The van der Waals surface area contributed by atoms with Crippen LogP contribution in [0.5, 0.6) is 0 Å². The number of aromatic nitrogens is 4. The third-order valence-corrected chi connectivity index (χ3v) is 7.56. The molecular formula is C26H27F3N6O2. The smallest absolute Gasteiger partial charge is 0.390 e. The van der Waals surface area contributed by atoms with Crippen molar-refractivity contribution in [3.8, 4) is 11.3 Å². The Morgan fingerprint density at radius 1 is 1.14 bits per heavy atom. The molecule has 4 heterocycles. The van der Waals surface area contributed by atoms with E-state index in [0.29, 0.717) is 53.5 Å². The number of aliphatic hydroxyl groups is 1. The first-order valence-electron chi connectivity index (χ1n) is 12.5. The maximum Gasteiger partial charge on any atom is 0.419 e. The van der Waals surface area contributed by atoms with Crippen LogP contribution in [0.4, 0.5) is 19.1 Å². The van der Waals surface area contributed by atoms with E-state index < -0.39 is 11.7 Å². The van der Waals surface area contributed by atoms with Crippen molar-refractivity contribution >= 4 is 11.5 Å². The molecule has 1 saturated heterocycles. The minimum atomic E-state index is -4.61. The van der Waals surface area contributed by atoms with E-state index in [1.165, 1.54) is 0 Å². The van der Waals surface area contributed by atoms with E-state index in [1.54, 1.807) is 25.1 Å². The Kier molecular flexibility index (Phi) is 5.79. The first kappa shape index (κ1) is 24.1. The van der Waals surface area contributed by atoms with Gasteiger partial charge in [-0.1, -0.05) is 17.3 Å². The van der Waals surface area contributed by atoms with Gasteiger partial charge in [0.15, 0.2) is 0 Å². The van der Waals surface area contributed by atoms with E-state index in [9.17, 15) is 18.3 Å². The monoisotopic (exact) mass is 512 g/mol. The van der Waals surface area contributed by atoms with Crippen LogP contribution in [0.3, 0.4) is 0 Å². The van der Waals surface area contributed by atoms with Gasteiger partial charge >= 0.3 is 6.18 Å².